The zero-order chi connectivity index (χ0) is 13.3. The Morgan fingerprint density at radius 2 is 1.95 bits per heavy atom. The summed E-state index contributed by atoms with van der Waals surface area (Å²) in [6, 6.07) is 5.31. The molecule has 3 rings (SSSR count). The van der Waals surface area contributed by atoms with Crippen LogP contribution in [-0.2, 0) is 5.54 Å². The zero-order valence-electron chi connectivity index (χ0n) is 11.7. The molecule has 0 amide bonds. The van der Waals surface area contributed by atoms with Crippen molar-refractivity contribution in [1.29, 1.82) is 0 Å². The second-order valence-corrected chi connectivity index (χ2v) is 6.07. The van der Waals surface area contributed by atoms with E-state index in [1.165, 1.54) is 31.4 Å². The molecular weight excluding hydrogens is 239 g/mol. The van der Waals surface area contributed by atoms with Gasteiger partial charge in [0.05, 0.1) is 0 Å². The van der Waals surface area contributed by atoms with Crippen LogP contribution in [0.15, 0.2) is 18.2 Å². The second kappa shape index (κ2) is 5.12. The Morgan fingerprint density at radius 3 is 2.63 bits per heavy atom. The predicted molar refractivity (Wildman–Crippen MR) is 77.1 cm³/mol. The summed E-state index contributed by atoms with van der Waals surface area (Å²) in [5.74, 6) is -0.120. The molecule has 1 atom stereocenters. The lowest BCUT2D eigenvalue weighted by Crippen LogP contribution is -2.37. The number of piperidine rings is 1. The van der Waals surface area contributed by atoms with Crippen LogP contribution in [0.5, 0.6) is 0 Å². The molecule has 0 spiro atoms. The molecule has 0 aromatic heterocycles. The number of hydrogen-bond donors (Lipinski definition) is 1. The van der Waals surface area contributed by atoms with E-state index in [0.29, 0.717) is 0 Å². The molecule has 3 heteroatoms. The van der Waals surface area contributed by atoms with Gasteiger partial charge in [-0.1, -0.05) is 0 Å². The first-order chi connectivity index (χ1) is 9.19. The van der Waals surface area contributed by atoms with Crippen molar-refractivity contribution in [2.45, 2.75) is 44.6 Å². The maximum absolute atomic E-state index is 13.7. The topological polar surface area (TPSA) is 15.3 Å². The van der Waals surface area contributed by atoms with E-state index in [0.717, 1.165) is 31.6 Å². The van der Waals surface area contributed by atoms with Gasteiger partial charge in [0.25, 0.3) is 0 Å². The second-order valence-electron chi connectivity index (χ2n) is 6.07. The van der Waals surface area contributed by atoms with Crippen LogP contribution in [0, 0.1) is 5.82 Å². The molecule has 104 valence electrons. The van der Waals surface area contributed by atoms with Gasteiger partial charge in [0.2, 0.25) is 0 Å². The summed E-state index contributed by atoms with van der Waals surface area (Å²) in [6.07, 6.45) is 6.09. The van der Waals surface area contributed by atoms with E-state index in [-0.39, 0.29) is 11.4 Å². The fourth-order valence-electron chi connectivity index (χ4n) is 3.49. The van der Waals surface area contributed by atoms with E-state index >= 15 is 0 Å². The number of hydrogen-bond acceptors (Lipinski definition) is 2. The van der Waals surface area contributed by atoms with Gasteiger partial charge in [0, 0.05) is 24.3 Å². The molecule has 2 heterocycles. The molecule has 19 heavy (non-hydrogen) atoms. The monoisotopic (exact) mass is 262 g/mol. The van der Waals surface area contributed by atoms with Crippen molar-refractivity contribution in [2.24, 2.45) is 0 Å². The quantitative estimate of drug-likeness (QED) is 0.878. The number of rotatable bonds is 2. The van der Waals surface area contributed by atoms with Gasteiger partial charge in [-0.3, -0.25) is 0 Å². The van der Waals surface area contributed by atoms with Crippen LogP contribution >= 0.6 is 0 Å². The van der Waals surface area contributed by atoms with E-state index in [1.807, 2.05) is 6.07 Å². The molecule has 2 aliphatic heterocycles. The SMILES string of the molecule is CC1(c2cc(F)ccc2N2CCCCC2)CCCN1. The first kappa shape index (κ1) is 12.9. The minimum absolute atomic E-state index is 0.0606. The summed E-state index contributed by atoms with van der Waals surface area (Å²) in [4.78, 5) is 2.43. The lowest BCUT2D eigenvalue weighted by molar-refractivity contribution is 0.429. The van der Waals surface area contributed by atoms with Gasteiger partial charge < -0.3 is 10.2 Å². The highest BCUT2D eigenvalue weighted by Crippen LogP contribution is 2.37. The Morgan fingerprint density at radius 1 is 1.16 bits per heavy atom. The number of anilines is 1. The predicted octanol–water partition coefficient (Wildman–Crippen LogP) is 3.41. The first-order valence-electron chi connectivity index (χ1n) is 7.49. The maximum Gasteiger partial charge on any atom is 0.123 e. The van der Waals surface area contributed by atoms with E-state index < -0.39 is 0 Å². The Bertz CT molecular complexity index is 446. The minimum atomic E-state index is -0.120. The summed E-state index contributed by atoms with van der Waals surface area (Å²) in [6.45, 7) is 5.46. The summed E-state index contributed by atoms with van der Waals surface area (Å²) in [5.41, 5.74) is 2.32. The van der Waals surface area contributed by atoms with Crippen LogP contribution < -0.4 is 10.2 Å². The van der Waals surface area contributed by atoms with Crippen molar-refractivity contribution in [1.82, 2.24) is 5.32 Å². The molecule has 0 radical (unpaired) electrons. The largest absolute Gasteiger partial charge is 0.371 e. The Labute approximate surface area is 115 Å². The van der Waals surface area contributed by atoms with Crippen LogP contribution in [0.3, 0.4) is 0 Å². The van der Waals surface area contributed by atoms with Crippen LogP contribution in [-0.4, -0.2) is 19.6 Å². The van der Waals surface area contributed by atoms with Gasteiger partial charge in [-0.25, -0.2) is 4.39 Å². The van der Waals surface area contributed by atoms with Gasteiger partial charge in [0.15, 0.2) is 0 Å². The van der Waals surface area contributed by atoms with Crippen LogP contribution in [0.1, 0.15) is 44.6 Å². The number of benzene rings is 1. The van der Waals surface area contributed by atoms with Crippen LogP contribution in [0.25, 0.3) is 0 Å². The van der Waals surface area contributed by atoms with Gasteiger partial charge in [-0.2, -0.15) is 0 Å². The highest BCUT2D eigenvalue weighted by Gasteiger charge is 2.33. The molecule has 0 saturated carbocycles. The molecule has 2 fully saturated rings. The van der Waals surface area contributed by atoms with Crippen LogP contribution in [0.4, 0.5) is 10.1 Å². The average molecular weight is 262 g/mol. The fraction of sp³-hybridized carbons (Fsp3) is 0.625. The number of halogens is 1. The van der Waals surface area contributed by atoms with Crippen molar-refractivity contribution in [3.05, 3.63) is 29.6 Å². The van der Waals surface area contributed by atoms with Crippen molar-refractivity contribution in [2.75, 3.05) is 24.5 Å². The first-order valence-corrected chi connectivity index (χ1v) is 7.49. The van der Waals surface area contributed by atoms with Gasteiger partial charge >= 0.3 is 0 Å². The third-order valence-electron chi connectivity index (χ3n) is 4.62. The van der Waals surface area contributed by atoms with Gasteiger partial charge in [0.1, 0.15) is 5.82 Å². The molecule has 2 saturated heterocycles. The summed E-state index contributed by atoms with van der Waals surface area (Å²) < 4.78 is 13.7. The molecule has 1 unspecified atom stereocenters. The number of nitrogens with zero attached hydrogens (tertiary/aromatic N) is 1. The highest BCUT2D eigenvalue weighted by molar-refractivity contribution is 5.57. The van der Waals surface area contributed by atoms with E-state index in [2.05, 4.69) is 17.1 Å². The fourth-order valence-corrected chi connectivity index (χ4v) is 3.49. The Kier molecular flexibility index (Phi) is 3.48. The summed E-state index contributed by atoms with van der Waals surface area (Å²) in [7, 11) is 0. The third kappa shape index (κ3) is 2.48. The average Bonchev–Trinajstić information content (AvgIpc) is 2.88. The lowest BCUT2D eigenvalue weighted by atomic mass is 9.88. The zero-order valence-corrected chi connectivity index (χ0v) is 11.7. The molecule has 1 N–H and O–H groups in total. The minimum Gasteiger partial charge on any atom is -0.371 e. The van der Waals surface area contributed by atoms with E-state index in [4.69, 9.17) is 0 Å². The maximum atomic E-state index is 13.7. The highest BCUT2D eigenvalue weighted by atomic mass is 19.1. The Balaban J connectivity index is 1.98. The van der Waals surface area contributed by atoms with E-state index in [9.17, 15) is 4.39 Å². The molecular formula is C16H23FN2. The smallest absolute Gasteiger partial charge is 0.123 e. The summed E-state index contributed by atoms with van der Waals surface area (Å²) >= 11 is 0. The van der Waals surface area contributed by atoms with Crippen LogP contribution in [0.2, 0.25) is 0 Å². The molecule has 2 aliphatic rings. The van der Waals surface area contributed by atoms with Crippen molar-refractivity contribution < 1.29 is 4.39 Å². The molecule has 1 aromatic carbocycles. The standard InChI is InChI=1S/C16H23FN2/c1-16(8-5-9-18-16)14-12-13(17)6-7-15(14)19-10-3-2-4-11-19/h6-7,12,18H,2-5,8-11H2,1H3. The molecule has 0 aliphatic carbocycles. The normalized spacial score (nSPS) is 27.8. The Hall–Kier alpha value is -1.09. The van der Waals surface area contributed by atoms with Gasteiger partial charge in [-0.05, 0) is 69.3 Å². The summed E-state index contributed by atoms with van der Waals surface area (Å²) in [5, 5.41) is 3.56. The van der Waals surface area contributed by atoms with Crippen molar-refractivity contribution in [3.8, 4) is 0 Å². The molecule has 2 nitrogen and oxygen atoms in total. The molecule has 1 aromatic rings. The molecule has 0 bridgehead atoms. The lowest BCUT2D eigenvalue weighted by Gasteiger charge is -2.35. The third-order valence-corrected chi connectivity index (χ3v) is 4.62. The van der Waals surface area contributed by atoms with E-state index in [1.54, 1.807) is 12.1 Å². The van der Waals surface area contributed by atoms with Crippen molar-refractivity contribution >= 4 is 5.69 Å². The van der Waals surface area contributed by atoms with Crippen molar-refractivity contribution in [3.63, 3.8) is 0 Å². The number of nitrogens with one attached hydrogen (secondary N) is 1. The van der Waals surface area contributed by atoms with Gasteiger partial charge in [-0.15, -0.1) is 0 Å².